The van der Waals surface area contributed by atoms with Gasteiger partial charge >= 0.3 is 6.18 Å². The summed E-state index contributed by atoms with van der Waals surface area (Å²) in [7, 11) is 0. The summed E-state index contributed by atoms with van der Waals surface area (Å²) in [5.41, 5.74) is 0. The second-order valence-electron chi connectivity index (χ2n) is 3.93. The predicted octanol–water partition coefficient (Wildman–Crippen LogP) is 4.03. The lowest BCUT2D eigenvalue weighted by Gasteiger charge is -2.31. The van der Waals surface area contributed by atoms with E-state index in [0.29, 0.717) is 17.8 Å². The van der Waals surface area contributed by atoms with Crippen LogP contribution >= 0.6 is 22.9 Å². The molecule has 2 nitrogen and oxygen atoms in total. The molecule has 1 saturated carbocycles. The molecule has 2 rings (SSSR count). The lowest BCUT2D eigenvalue weighted by Crippen LogP contribution is -2.31. The molecule has 16 heavy (non-hydrogen) atoms. The van der Waals surface area contributed by atoms with Crippen molar-refractivity contribution >= 4 is 22.9 Å². The van der Waals surface area contributed by atoms with Gasteiger partial charge in [0.25, 0.3) is 0 Å². The fraction of sp³-hybridized carbons (Fsp3) is 0.778. The number of hydrogen-bond acceptors (Lipinski definition) is 3. The molecule has 1 aliphatic carbocycles. The number of hydrogen-bond donors (Lipinski definition) is 0. The average molecular weight is 271 g/mol. The lowest BCUT2D eigenvalue weighted by atomic mass is 9.79. The minimum atomic E-state index is -4.15. The molecule has 0 amide bonds. The van der Waals surface area contributed by atoms with E-state index in [1.807, 2.05) is 0 Å². The summed E-state index contributed by atoms with van der Waals surface area (Å²) in [6.45, 7) is 0. The SMILES string of the molecule is FC(F)(F)C1CCCCC1c1nnc(Cl)s1. The van der Waals surface area contributed by atoms with Crippen LogP contribution in [-0.2, 0) is 0 Å². The van der Waals surface area contributed by atoms with Crippen LogP contribution in [-0.4, -0.2) is 16.4 Å². The van der Waals surface area contributed by atoms with E-state index in [-0.39, 0.29) is 10.9 Å². The molecule has 7 heteroatoms. The minimum absolute atomic E-state index is 0.186. The highest BCUT2D eigenvalue weighted by atomic mass is 35.5. The van der Waals surface area contributed by atoms with Gasteiger partial charge in [0.15, 0.2) is 0 Å². The van der Waals surface area contributed by atoms with Gasteiger partial charge in [-0.1, -0.05) is 24.2 Å². The molecule has 0 aromatic carbocycles. The number of nitrogens with zero attached hydrogens (tertiary/aromatic N) is 2. The number of rotatable bonds is 1. The van der Waals surface area contributed by atoms with Gasteiger partial charge in [-0.3, -0.25) is 0 Å². The largest absolute Gasteiger partial charge is 0.392 e. The molecule has 2 unspecified atom stereocenters. The zero-order chi connectivity index (χ0) is 11.8. The molecule has 0 spiro atoms. The summed E-state index contributed by atoms with van der Waals surface area (Å²) >= 11 is 6.66. The van der Waals surface area contributed by atoms with Crippen LogP contribution in [0.4, 0.5) is 13.2 Å². The smallest absolute Gasteiger partial charge is 0.171 e. The first-order valence-corrected chi connectivity index (χ1v) is 6.23. The van der Waals surface area contributed by atoms with Crippen molar-refractivity contribution in [3.05, 3.63) is 9.47 Å². The maximum Gasteiger partial charge on any atom is 0.392 e. The van der Waals surface area contributed by atoms with Crippen LogP contribution in [0.2, 0.25) is 4.47 Å². The molecule has 1 fully saturated rings. The van der Waals surface area contributed by atoms with Gasteiger partial charge in [0.2, 0.25) is 4.47 Å². The minimum Gasteiger partial charge on any atom is -0.171 e. The van der Waals surface area contributed by atoms with Crippen LogP contribution in [0.1, 0.15) is 36.6 Å². The first kappa shape index (κ1) is 12.1. The Morgan fingerprint density at radius 2 is 1.88 bits per heavy atom. The van der Waals surface area contributed by atoms with Crippen molar-refractivity contribution in [1.82, 2.24) is 10.2 Å². The highest BCUT2D eigenvalue weighted by Crippen LogP contribution is 2.47. The van der Waals surface area contributed by atoms with Gasteiger partial charge in [-0.15, -0.1) is 10.2 Å². The molecule has 90 valence electrons. The van der Waals surface area contributed by atoms with Gasteiger partial charge in [0.05, 0.1) is 5.92 Å². The van der Waals surface area contributed by atoms with Crippen molar-refractivity contribution in [3.8, 4) is 0 Å². The summed E-state index contributed by atoms with van der Waals surface area (Å²) < 4.78 is 38.6. The summed E-state index contributed by atoms with van der Waals surface area (Å²) in [6.07, 6.45) is -1.99. The summed E-state index contributed by atoms with van der Waals surface area (Å²) in [5, 5.41) is 7.74. The monoisotopic (exact) mass is 270 g/mol. The molecule has 0 radical (unpaired) electrons. The quantitative estimate of drug-likeness (QED) is 0.770. The average Bonchev–Trinajstić information content (AvgIpc) is 2.64. The van der Waals surface area contributed by atoms with E-state index in [2.05, 4.69) is 10.2 Å². The Bertz CT molecular complexity index is 366. The van der Waals surface area contributed by atoms with E-state index < -0.39 is 18.0 Å². The van der Waals surface area contributed by atoms with Gasteiger partial charge < -0.3 is 0 Å². The maximum absolute atomic E-state index is 12.8. The molecule has 1 heterocycles. The van der Waals surface area contributed by atoms with E-state index in [9.17, 15) is 13.2 Å². The molecule has 1 aromatic heterocycles. The van der Waals surface area contributed by atoms with Crippen LogP contribution in [0, 0.1) is 5.92 Å². The van der Waals surface area contributed by atoms with Crippen molar-refractivity contribution < 1.29 is 13.2 Å². The second kappa shape index (κ2) is 4.49. The molecular formula is C9H10ClF3N2S. The number of alkyl halides is 3. The van der Waals surface area contributed by atoms with Crippen molar-refractivity contribution in [2.75, 3.05) is 0 Å². The Kier molecular flexibility index (Phi) is 3.39. The molecule has 2 atom stereocenters. The predicted molar refractivity (Wildman–Crippen MR) is 55.7 cm³/mol. The fourth-order valence-electron chi connectivity index (χ4n) is 2.18. The van der Waals surface area contributed by atoms with Gasteiger partial charge in [-0.05, 0) is 24.4 Å². The summed E-state index contributed by atoms with van der Waals surface area (Å²) in [5.74, 6) is -1.84. The number of halogens is 4. The normalized spacial score (nSPS) is 27.0. The zero-order valence-corrected chi connectivity index (χ0v) is 9.87. The highest BCUT2D eigenvalue weighted by Gasteiger charge is 2.47. The van der Waals surface area contributed by atoms with E-state index in [1.54, 1.807) is 0 Å². The fourth-order valence-corrected chi connectivity index (χ4v) is 3.23. The Morgan fingerprint density at radius 1 is 1.19 bits per heavy atom. The van der Waals surface area contributed by atoms with E-state index in [1.165, 1.54) is 0 Å². The topological polar surface area (TPSA) is 25.8 Å². The Hall–Kier alpha value is -0.360. The van der Waals surface area contributed by atoms with E-state index >= 15 is 0 Å². The molecule has 1 aliphatic rings. The van der Waals surface area contributed by atoms with Crippen molar-refractivity contribution in [3.63, 3.8) is 0 Å². The molecule has 0 bridgehead atoms. The number of aromatic nitrogens is 2. The second-order valence-corrected chi connectivity index (χ2v) is 5.52. The van der Waals surface area contributed by atoms with Crippen LogP contribution in [0.5, 0.6) is 0 Å². The third-order valence-corrected chi connectivity index (χ3v) is 4.07. The van der Waals surface area contributed by atoms with Crippen LogP contribution in [0.15, 0.2) is 0 Å². The first-order chi connectivity index (χ1) is 7.48. The van der Waals surface area contributed by atoms with Crippen LogP contribution in [0.3, 0.4) is 0 Å². The van der Waals surface area contributed by atoms with Gasteiger partial charge in [-0.25, -0.2) is 0 Å². The zero-order valence-electron chi connectivity index (χ0n) is 8.30. The highest BCUT2D eigenvalue weighted by molar-refractivity contribution is 7.15. The first-order valence-electron chi connectivity index (χ1n) is 5.04. The van der Waals surface area contributed by atoms with E-state index in [4.69, 9.17) is 11.6 Å². The van der Waals surface area contributed by atoms with E-state index in [0.717, 1.165) is 17.8 Å². The molecule has 0 N–H and O–H groups in total. The van der Waals surface area contributed by atoms with Crippen molar-refractivity contribution in [2.24, 2.45) is 5.92 Å². The molecule has 1 aromatic rings. The molecule has 0 saturated heterocycles. The van der Waals surface area contributed by atoms with Crippen molar-refractivity contribution in [2.45, 2.75) is 37.8 Å². The van der Waals surface area contributed by atoms with Gasteiger partial charge in [0, 0.05) is 5.92 Å². The third kappa shape index (κ3) is 2.48. The standard InChI is InChI=1S/C9H10ClF3N2S/c10-8-15-14-7(16-8)5-3-1-2-4-6(5)9(11,12)13/h5-6H,1-4H2. The van der Waals surface area contributed by atoms with Crippen LogP contribution in [0.25, 0.3) is 0 Å². The maximum atomic E-state index is 12.8. The molecular weight excluding hydrogens is 261 g/mol. The Balaban J connectivity index is 2.23. The van der Waals surface area contributed by atoms with Crippen molar-refractivity contribution in [1.29, 1.82) is 0 Å². The van der Waals surface area contributed by atoms with Gasteiger partial charge in [-0.2, -0.15) is 13.2 Å². The lowest BCUT2D eigenvalue weighted by molar-refractivity contribution is -0.187. The summed E-state index contributed by atoms with van der Waals surface area (Å²) in [6, 6.07) is 0. The summed E-state index contributed by atoms with van der Waals surface area (Å²) in [4.78, 5) is 0. The molecule has 0 aliphatic heterocycles. The van der Waals surface area contributed by atoms with Gasteiger partial charge in [0.1, 0.15) is 5.01 Å². The Morgan fingerprint density at radius 3 is 2.44 bits per heavy atom. The third-order valence-electron chi connectivity index (χ3n) is 2.92. The Labute approximate surface area is 99.8 Å². The van der Waals surface area contributed by atoms with Crippen LogP contribution < -0.4 is 0 Å².